The zero-order valence-electron chi connectivity index (χ0n) is 17.5. The number of carboxylic acids is 2. The first-order valence-corrected chi connectivity index (χ1v) is 10.7. The van der Waals surface area contributed by atoms with Gasteiger partial charge in [-0.05, 0) is 6.42 Å². The Hall–Kier alpha value is -2.97. The Labute approximate surface area is 188 Å². The molecule has 1 rings (SSSR count). The Morgan fingerprint density at radius 1 is 1.09 bits per heavy atom. The molecule has 1 aromatic heterocycles. The maximum atomic E-state index is 12.7. The summed E-state index contributed by atoms with van der Waals surface area (Å²) in [6, 6.07) is -3.59. The summed E-state index contributed by atoms with van der Waals surface area (Å²) < 4.78 is 1.68. The molecule has 0 saturated carbocycles. The summed E-state index contributed by atoms with van der Waals surface area (Å²) in [6.07, 6.45) is 2.79. The zero-order chi connectivity index (χ0) is 24.3. The molecule has 0 saturated heterocycles. The van der Waals surface area contributed by atoms with Crippen LogP contribution in [0.4, 0.5) is 0 Å². The monoisotopic (exact) mass is 472 g/mol. The SMILES string of the molecule is Cn1cncc1C[C@H](NC(=O)CCN)C(=O)SCC(NC(=O)CCC(N)C(=O)O)C(=O)O. The van der Waals surface area contributed by atoms with Crippen molar-refractivity contribution in [1.29, 1.82) is 0 Å². The molecule has 32 heavy (non-hydrogen) atoms. The molecule has 0 spiro atoms. The number of thioether (sulfide) groups is 1. The third kappa shape index (κ3) is 9.45. The number of rotatable bonds is 14. The zero-order valence-corrected chi connectivity index (χ0v) is 18.3. The van der Waals surface area contributed by atoms with Gasteiger partial charge in [-0.1, -0.05) is 11.8 Å². The van der Waals surface area contributed by atoms with Gasteiger partial charge in [-0.2, -0.15) is 0 Å². The molecule has 1 heterocycles. The highest BCUT2D eigenvalue weighted by Gasteiger charge is 2.27. The van der Waals surface area contributed by atoms with Crippen molar-refractivity contribution >= 4 is 40.6 Å². The fourth-order valence-electron chi connectivity index (χ4n) is 2.50. The van der Waals surface area contributed by atoms with Crippen LogP contribution in [-0.2, 0) is 37.4 Å². The summed E-state index contributed by atoms with van der Waals surface area (Å²) in [6.45, 7) is 0.101. The molecule has 0 bridgehead atoms. The summed E-state index contributed by atoms with van der Waals surface area (Å²) in [5.41, 5.74) is 11.4. The normalized spacial score (nSPS) is 13.6. The van der Waals surface area contributed by atoms with Crippen LogP contribution >= 0.6 is 11.8 Å². The van der Waals surface area contributed by atoms with E-state index in [2.05, 4.69) is 15.6 Å². The lowest BCUT2D eigenvalue weighted by Crippen LogP contribution is -2.45. The van der Waals surface area contributed by atoms with Crippen molar-refractivity contribution in [2.45, 2.75) is 43.8 Å². The number of nitrogens with zero attached hydrogens (tertiary/aromatic N) is 2. The summed E-state index contributed by atoms with van der Waals surface area (Å²) in [7, 11) is 1.73. The van der Waals surface area contributed by atoms with Gasteiger partial charge in [-0.3, -0.25) is 19.2 Å². The van der Waals surface area contributed by atoms with E-state index in [1.54, 1.807) is 17.8 Å². The van der Waals surface area contributed by atoms with Crippen molar-refractivity contribution in [3.8, 4) is 0 Å². The predicted molar refractivity (Wildman–Crippen MR) is 114 cm³/mol. The van der Waals surface area contributed by atoms with Gasteiger partial charge >= 0.3 is 11.9 Å². The molecular weight excluding hydrogens is 444 g/mol. The number of aromatic nitrogens is 2. The van der Waals surface area contributed by atoms with Gasteiger partial charge in [0.25, 0.3) is 0 Å². The molecule has 3 atom stereocenters. The van der Waals surface area contributed by atoms with Crippen LogP contribution in [0.15, 0.2) is 12.5 Å². The number of aryl methyl sites for hydroxylation is 1. The summed E-state index contributed by atoms with van der Waals surface area (Å²) >= 11 is 0.651. The Balaban J connectivity index is 2.73. The van der Waals surface area contributed by atoms with Crippen LogP contribution in [0.1, 0.15) is 25.0 Å². The molecule has 2 amide bonds. The van der Waals surface area contributed by atoms with Gasteiger partial charge in [-0.25, -0.2) is 9.78 Å². The molecule has 0 aliphatic carbocycles. The first kappa shape index (κ1) is 27.1. The molecule has 13 nitrogen and oxygen atoms in total. The van der Waals surface area contributed by atoms with E-state index in [-0.39, 0.29) is 38.0 Å². The molecule has 2 unspecified atom stereocenters. The van der Waals surface area contributed by atoms with E-state index in [4.69, 9.17) is 16.6 Å². The number of carbonyl (C=O) groups excluding carboxylic acids is 3. The molecule has 0 fully saturated rings. The van der Waals surface area contributed by atoms with Crippen LogP contribution in [0.3, 0.4) is 0 Å². The number of carboxylic acid groups (broad SMARTS) is 2. The van der Waals surface area contributed by atoms with E-state index < -0.39 is 47.0 Å². The van der Waals surface area contributed by atoms with Gasteiger partial charge in [0.15, 0.2) is 0 Å². The summed E-state index contributed by atoms with van der Waals surface area (Å²) in [4.78, 5) is 62.8. The predicted octanol–water partition coefficient (Wildman–Crippen LogP) is -2.18. The van der Waals surface area contributed by atoms with Crippen LogP contribution in [0, 0.1) is 0 Å². The van der Waals surface area contributed by atoms with Crippen molar-refractivity contribution in [3.63, 3.8) is 0 Å². The van der Waals surface area contributed by atoms with Crippen molar-refractivity contribution in [1.82, 2.24) is 20.2 Å². The third-order valence-corrected chi connectivity index (χ3v) is 5.42. The fraction of sp³-hybridized carbons (Fsp3) is 0.556. The minimum atomic E-state index is -1.39. The van der Waals surface area contributed by atoms with Crippen LogP contribution in [0.2, 0.25) is 0 Å². The average molecular weight is 473 g/mol. The highest BCUT2D eigenvalue weighted by atomic mass is 32.2. The Morgan fingerprint density at radius 2 is 1.72 bits per heavy atom. The first-order chi connectivity index (χ1) is 15.0. The largest absolute Gasteiger partial charge is 0.480 e. The molecule has 178 valence electrons. The highest BCUT2D eigenvalue weighted by Crippen LogP contribution is 2.13. The second-order valence-corrected chi connectivity index (χ2v) is 7.95. The van der Waals surface area contributed by atoms with E-state index in [1.165, 1.54) is 6.33 Å². The number of carbonyl (C=O) groups is 5. The Kier molecular flexibility index (Phi) is 11.4. The van der Waals surface area contributed by atoms with Crippen molar-refractivity contribution < 1.29 is 34.2 Å². The van der Waals surface area contributed by atoms with Gasteiger partial charge in [0.05, 0.1) is 6.33 Å². The molecule has 0 aromatic carbocycles. The Bertz CT molecular complexity index is 830. The van der Waals surface area contributed by atoms with Crippen molar-refractivity contribution in [3.05, 3.63) is 18.2 Å². The number of nitrogens with two attached hydrogens (primary N) is 2. The molecule has 0 aliphatic rings. The smallest absolute Gasteiger partial charge is 0.327 e. The van der Waals surface area contributed by atoms with E-state index in [0.717, 1.165) is 0 Å². The fourth-order valence-corrected chi connectivity index (χ4v) is 3.40. The van der Waals surface area contributed by atoms with E-state index in [0.29, 0.717) is 17.5 Å². The van der Waals surface area contributed by atoms with E-state index >= 15 is 0 Å². The number of aliphatic carboxylic acids is 2. The quantitative estimate of drug-likeness (QED) is 0.171. The van der Waals surface area contributed by atoms with Crippen LogP contribution in [0.5, 0.6) is 0 Å². The topological polar surface area (TPSA) is 220 Å². The number of nitrogens with one attached hydrogen (secondary N) is 2. The highest BCUT2D eigenvalue weighted by molar-refractivity contribution is 8.13. The maximum absolute atomic E-state index is 12.7. The molecular formula is C18H28N6O7S. The van der Waals surface area contributed by atoms with Crippen molar-refractivity contribution in [2.75, 3.05) is 12.3 Å². The van der Waals surface area contributed by atoms with Gasteiger partial charge in [0.1, 0.15) is 18.1 Å². The summed E-state index contributed by atoms with van der Waals surface area (Å²) in [5.74, 6) is -4.06. The van der Waals surface area contributed by atoms with Crippen LogP contribution in [0.25, 0.3) is 0 Å². The lowest BCUT2D eigenvalue weighted by Gasteiger charge is -2.19. The standard InChI is InChI=1S/C18H28N6O7S/c1-24-9-21-7-10(24)6-12(22-15(26)4-5-19)18(31)32-8-13(17(29)30)23-14(25)3-2-11(20)16(27)28/h7,9,11-13H,2-6,8,19-20H2,1H3,(H,22,26)(H,23,25)(H,27,28)(H,29,30)/t11?,12-,13?/m0/s1. The summed E-state index contributed by atoms with van der Waals surface area (Å²) in [5, 5.41) is 22.4. The van der Waals surface area contributed by atoms with E-state index in [1.807, 2.05) is 0 Å². The number of imidazole rings is 1. The molecule has 8 N–H and O–H groups in total. The van der Waals surface area contributed by atoms with Gasteiger partial charge in [0, 0.05) is 50.5 Å². The first-order valence-electron chi connectivity index (χ1n) is 9.67. The van der Waals surface area contributed by atoms with Gasteiger partial charge < -0.3 is 36.9 Å². The average Bonchev–Trinajstić information content (AvgIpc) is 3.12. The minimum Gasteiger partial charge on any atom is -0.480 e. The van der Waals surface area contributed by atoms with Crippen molar-refractivity contribution in [2.24, 2.45) is 18.5 Å². The van der Waals surface area contributed by atoms with Gasteiger partial charge in [-0.15, -0.1) is 0 Å². The molecule has 14 heteroatoms. The second-order valence-electron chi connectivity index (χ2n) is 6.93. The number of hydrogen-bond acceptors (Lipinski definition) is 9. The molecule has 0 radical (unpaired) electrons. The van der Waals surface area contributed by atoms with Crippen LogP contribution in [-0.4, -0.2) is 79.1 Å². The second kappa shape index (κ2) is 13.4. The molecule has 0 aliphatic heterocycles. The van der Waals surface area contributed by atoms with E-state index in [9.17, 15) is 29.1 Å². The lowest BCUT2D eigenvalue weighted by molar-refractivity contribution is -0.141. The maximum Gasteiger partial charge on any atom is 0.327 e. The van der Waals surface area contributed by atoms with Gasteiger partial charge in [0.2, 0.25) is 16.9 Å². The number of amides is 2. The molecule has 1 aromatic rings. The minimum absolute atomic E-state index is 0.0200. The van der Waals surface area contributed by atoms with Crippen LogP contribution < -0.4 is 22.1 Å². The third-order valence-electron chi connectivity index (χ3n) is 4.35. The lowest BCUT2D eigenvalue weighted by atomic mass is 10.1. The Morgan fingerprint density at radius 3 is 2.25 bits per heavy atom. The number of hydrogen-bond donors (Lipinski definition) is 6.